The smallest absolute Gasteiger partial charge is 0.255 e. The Balaban J connectivity index is 1.47. The Hall–Kier alpha value is -3.29. The second-order valence-electron chi connectivity index (χ2n) is 7.89. The minimum absolute atomic E-state index is 0.0181. The minimum Gasteiger partial charge on any atom is -0.493 e. The lowest BCUT2D eigenvalue weighted by Crippen LogP contribution is -2.36. The van der Waals surface area contributed by atoms with Gasteiger partial charge in [0.2, 0.25) is 11.7 Å². The van der Waals surface area contributed by atoms with Crippen molar-refractivity contribution in [3.63, 3.8) is 0 Å². The van der Waals surface area contributed by atoms with E-state index < -0.39 is 0 Å². The monoisotopic (exact) mass is 441 g/mol. The van der Waals surface area contributed by atoms with E-state index in [0.717, 1.165) is 31.2 Å². The number of benzene rings is 1. The van der Waals surface area contributed by atoms with Crippen LogP contribution in [-0.4, -0.2) is 44.7 Å². The number of aromatic nitrogens is 1. The summed E-state index contributed by atoms with van der Waals surface area (Å²) in [7, 11) is 4.54. The Bertz CT molecular complexity index is 911. The number of nitrogens with zero attached hydrogens (tertiary/aromatic N) is 1. The molecule has 0 atom stereocenters. The first-order valence-electron chi connectivity index (χ1n) is 10.8. The molecule has 2 amide bonds. The molecule has 0 unspecified atom stereocenters. The topological polar surface area (TPSA) is 98.8 Å². The fourth-order valence-corrected chi connectivity index (χ4v) is 4.08. The molecule has 0 saturated heterocycles. The van der Waals surface area contributed by atoms with E-state index >= 15 is 0 Å². The van der Waals surface area contributed by atoms with Crippen LogP contribution in [0.25, 0.3) is 0 Å². The Morgan fingerprint density at radius 1 is 0.969 bits per heavy atom. The third-order valence-electron chi connectivity index (χ3n) is 5.91. The minimum atomic E-state index is -0.223. The molecule has 0 bridgehead atoms. The van der Waals surface area contributed by atoms with Crippen molar-refractivity contribution in [3.8, 4) is 17.2 Å². The zero-order valence-electron chi connectivity index (χ0n) is 18.8. The van der Waals surface area contributed by atoms with Crippen LogP contribution in [0.15, 0.2) is 36.7 Å². The van der Waals surface area contributed by atoms with Gasteiger partial charge in [-0.2, -0.15) is 0 Å². The molecule has 1 fully saturated rings. The van der Waals surface area contributed by atoms with E-state index in [0.29, 0.717) is 41.8 Å². The SMILES string of the molecule is COc1ccc(C(=O)NCC2CCC(C(=O)NCc3cccnc3)CC2)c(OC)c1OC. The molecule has 1 aromatic carbocycles. The fraction of sp³-hybridized carbons (Fsp3) is 0.458. The molecule has 8 heteroatoms. The lowest BCUT2D eigenvalue weighted by atomic mass is 9.81. The number of ether oxygens (including phenoxy) is 3. The molecule has 0 spiro atoms. The number of hydrogen-bond acceptors (Lipinski definition) is 6. The van der Waals surface area contributed by atoms with E-state index in [-0.39, 0.29) is 17.7 Å². The molecule has 172 valence electrons. The van der Waals surface area contributed by atoms with Crippen molar-refractivity contribution in [3.05, 3.63) is 47.8 Å². The lowest BCUT2D eigenvalue weighted by Gasteiger charge is -2.28. The van der Waals surface area contributed by atoms with E-state index in [2.05, 4.69) is 15.6 Å². The molecule has 0 aliphatic heterocycles. The molecule has 1 heterocycles. The van der Waals surface area contributed by atoms with Crippen LogP contribution in [0.3, 0.4) is 0 Å². The Kier molecular flexibility index (Phi) is 8.30. The Morgan fingerprint density at radius 3 is 2.34 bits per heavy atom. The van der Waals surface area contributed by atoms with Gasteiger partial charge in [0.05, 0.1) is 26.9 Å². The highest BCUT2D eigenvalue weighted by Crippen LogP contribution is 2.39. The number of nitrogens with one attached hydrogen (secondary N) is 2. The van der Waals surface area contributed by atoms with Gasteiger partial charge in [-0.3, -0.25) is 14.6 Å². The van der Waals surface area contributed by atoms with Gasteiger partial charge >= 0.3 is 0 Å². The van der Waals surface area contributed by atoms with Crippen LogP contribution in [0, 0.1) is 11.8 Å². The van der Waals surface area contributed by atoms with Crippen molar-refractivity contribution < 1.29 is 23.8 Å². The molecule has 3 rings (SSSR count). The highest BCUT2D eigenvalue weighted by molar-refractivity contribution is 5.98. The molecule has 1 saturated carbocycles. The average Bonchev–Trinajstić information content (AvgIpc) is 2.85. The summed E-state index contributed by atoms with van der Waals surface area (Å²) in [5, 5.41) is 6.00. The van der Waals surface area contributed by atoms with Crippen LogP contribution in [0.1, 0.15) is 41.6 Å². The summed E-state index contributed by atoms with van der Waals surface area (Å²) in [6, 6.07) is 7.16. The first-order chi connectivity index (χ1) is 15.6. The summed E-state index contributed by atoms with van der Waals surface area (Å²) < 4.78 is 16.0. The van der Waals surface area contributed by atoms with Gasteiger partial charge in [0.25, 0.3) is 5.91 Å². The molecule has 1 aliphatic rings. The van der Waals surface area contributed by atoms with E-state index in [1.165, 1.54) is 21.3 Å². The van der Waals surface area contributed by atoms with Crippen LogP contribution >= 0.6 is 0 Å². The Labute approximate surface area is 188 Å². The van der Waals surface area contributed by atoms with Gasteiger partial charge in [0.15, 0.2) is 11.5 Å². The number of pyridine rings is 1. The molecule has 1 aromatic heterocycles. The third kappa shape index (κ3) is 5.69. The maximum absolute atomic E-state index is 12.8. The first-order valence-corrected chi connectivity index (χ1v) is 10.8. The maximum atomic E-state index is 12.8. The third-order valence-corrected chi connectivity index (χ3v) is 5.91. The van der Waals surface area contributed by atoms with Gasteiger partial charge in [-0.15, -0.1) is 0 Å². The predicted molar refractivity (Wildman–Crippen MR) is 120 cm³/mol. The van der Waals surface area contributed by atoms with Crippen LogP contribution in [0.2, 0.25) is 0 Å². The maximum Gasteiger partial charge on any atom is 0.255 e. The summed E-state index contributed by atoms with van der Waals surface area (Å²) in [6.45, 7) is 1.05. The van der Waals surface area contributed by atoms with Gasteiger partial charge in [0, 0.05) is 31.4 Å². The van der Waals surface area contributed by atoms with Gasteiger partial charge in [-0.1, -0.05) is 6.07 Å². The number of methoxy groups -OCH3 is 3. The van der Waals surface area contributed by atoms with Crippen molar-refractivity contribution in [2.45, 2.75) is 32.2 Å². The predicted octanol–water partition coefficient (Wildman–Crippen LogP) is 2.96. The lowest BCUT2D eigenvalue weighted by molar-refractivity contribution is -0.126. The largest absolute Gasteiger partial charge is 0.493 e. The molecule has 0 radical (unpaired) electrons. The number of carbonyl (C=O) groups excluding carboxylic acids is 2. The zero-order valence-corrected chi connectivity index (χ0v) is 18.8. The highest BCUT2D eigenvalue weighted by Gasteiger charge is 2.27. The Morgan fingerprint density at radius 2 is 1.72 bits per heavy atom. The summed E-state index contributed by atoms with van der Waals surface area (Å²) in [6.07, 6.45) is 6.90. The highest BCUT2D eigenvalue weighted by atomic mass is 16.5. The van der Waals surface area contributed by atoms with Crippen molar-refractivity contribution in [2.24, 2.45) is 11.8 Å². The van der Waals surface area contributed by atoms with Crippen molar-refractivity contribution in [2.75, 3.05) is 27.9 Å². The molecule has 2 N–H and O–H groups in total. The van der Waals surface area contributed by atoms with Gasteiger partial charge < -0.3 is 24.8 Å². The van der Waals surface area contributed by atoms with Crippen LogP contribution < -0.4 is 24.8 Å². The number of hydrogen-bond donors (Lipinski definition) is 2. The van der Waals surface area contributed by atoms with Gasteiger partial charge in [-0.25, -0.2) is 0 Å². The fourth-order valence-electron chi connectivity index (χ4n) is 4.08. The number of amides is 2. The summed E-state index contributed by atoms with van der Waals surface area (Å²) in [5.74, 6) is 1.46. The van der Waals surface area contributed by atoms with E-state index in [1.807, 2.05) is 12.1 Å². The molecule has 32 heavy (non-hydrogen) atoms. The van der Waals surface area contributed by atoms with E-state index in [4.69, 9.17) is 14.2 Å². The zero-order chi connectivity index (χ0) is 22.9. The number of carbonyl (C=O) groups is 2. The van der Waals surface area contributed by atoms with Crippen LogP contribution in [-0.2, 0) is 11.3 Å². The molecular formula is C24H31N3O5. The molecule has 8 nitrogen and oxygen atoms in total. The van der Waals surface area contributed by atoms with E-state index in [9.17, 15) is 9.59 Å². The van der Waals surface area contributed by atoms with Gasteiger partial charge in [0.1, 0.15) is 0 Å². The average molecular weight is 442 g/mol. The van der Waals surface area contributed by atoms with Crippen molar-refractivity contribution >= 4 is 11.8 Å². The summed E-state index contributed by atoms with van der Waals surface area (Å²) in [5.41, 5.74) is 1.39. The van der Waals surface area contributed by atoms with Crippen molar-refractivity contribution in [1.29, 1.82) is 0 Å². The van der Waals surface area contributed by atoms with Gasteiger partial charge in [-0.05, 0) is 55.4 Å². The van der Waals surface area contributed by atoms with Crippen LogP contribution in [0.4, 0.5) is 0 Å². The quantitative estimate of drug-likeness (QED) is 0.621. The summed E-state index contributed by atoms with van der Waals surface area (Å²) >= 11 is 0. The van der Waals surface area contributed by atoms with Crippen molar-refractivity contribution in [1.82, 2.24) is 15.6 Å². The second kappa shape index (κ2) is 11.4. The number of rotatable bonds is 9. The second-order valence-corrected chi connectivity index (χ2v) is 7.89. The summed E-state index contributed by atoms with van der Waals surface area (Å²) in [4.78, 5) is 29.3. The molecular weight excluding hydrogens is 410 g/mol. The molecule has 2 aromatic rings. The first kappa shape index (κ1) is 23.4. The van der Waals surface area contributed by atoms with Crippen LogP contribution in [0.5, 0.6) is 17.2 Å². The molecule has 1 aliphatic carbocycles. The normalized spacial score (nSPS) is 17.8. The van der Waals surface area contributed by atoms with E-state index in [1.54, 1.807) is 24.5 Å². The standard InChI is InChI=1S/C24H31N3O5/c1-30-20-11-10-19(21(31-2)22(20)32-3)24(29)27-14-16-6-8-18(9-7-16)23(28)26-15-17-5-4-12-25-13-17/h4-5,10-13,16,18H,6-9,14-15H2,1-3H3,(H,26,28)(H,27,29).